The Hall–Kier alpha value is -2.71. The first-order valence-electron chi connectivity index (χ1n) is 10.5. The number of halogens is 1. The number of rotatable bonds is 9. The molecule has 1 saturated heterocycles. The second kappa shape index (κ2) is 10.5. The van der Waals surface area contributed by atoms with Crippen LogP contribution in [0.2, 0.25) is 0 Å². The Bertz CT molecular complexity index is 987. The Morgan fingerprint density at radius 2 is 1.71 bits per heavy atom. The third-order valence-electron chi connectivity index (χ3n) is 5.28. The van der Waals surface area contributed by atoms with Gasteiger partial charge in [0.2, 0.25) is 5.91 Å². The Balaban J connectivity index is 1.39. The Labute approximate surface area is 185 Å². The van der Waals surface area contributed by atoms with Crippen molar-refractivity contribution in [1.82, 2.24) is 25.0 Å². The molecule has 0 aliphatic carbocycles. The lowest BCUT2D eigenvalue weighted by molar-refractivity contribution is -0.118. The minimum Gasteiger partial charge on any atom is -0.351 e. The first kappa shape index (κ1) is 21.5. The highest BCUT2D eigenvalue weighted by atomic mass is 32.2. The lowest BCUT2D eigenvalue weighted by Gasteiger charge is -2.16. The van der Waals surface area contributed by atoms with Gasteiger partial charge in [-0.15, -0.1) is 10.2 Å². The maximum Gasteiger partial charge on any atom is 0.230 e. The molecule has 0 saturated carbocycles. The number of likely N-dealkylation sites (tertiary alicyclic amines) is 1. The van der Waals surface area contributed by atoms with Gasteiger partial charge in [-0.1, -0.05) is 54.2 Å². The van der Waals surface area contributed by atoms with Crippen LogP contribution in [-0.4, -0.2) is 44.4 Å². The fraction of sp³-hybridized carbons (Fsp3) is 0.348. The van der Waals surface area contributed by atoms with Gasteiger partial charge in [0.1, 0.15) is 11.6 Å². The Kier molecular flexibility index (Phi) is 7.32. The van der Waals surface area contributed by atoms with Gasteiger partial charge in [0.15, 0.2) is 5.16 Å². The van der Waals surface area contributed by atoms with Crippen LogP contribution in [0.3, 0.4) is 0 Å². The van der Waals surface area contributed by atoms with E-state index in [1.807, 2.05) is 18.2 Å². The van der Waals surface area contributed by atoms with Crippen molar-refractivity contribution in [2.24, 2.45) is 0 Å². The summed E-state index contributed by atoms with van der Waals surface area (Å²) < 4.78 is 15.1. The normalized spacial score (nSPS) is 14.1. The molecule has 6 nitrogen and oxygen atoms in total. The van der Waals surface area contributed by atoms with Crippen molar-refractivity contribution in [1.29, 1.82) is 0 Å². The second-order valence-corrected chi connectivity index (χ2v) is 8.59. The second-order valence-electron chi connectivity index (χ2n) is 7.65. The molecular weight excluding hydrogens is 413 g/mol. The van der Waals surface area contributed by atoms with E-state index in [1.165, 1.54) is 42.3 Å². The minimum atomic E-state index is -0.284. The molecule has 0 atom stereocenters. The van der Waals surface area contributed by atoms with Crippen LogP contribution in [0.4, 0.5) is 4.39 Å². The predicted molar refractivity (Wildman–Crippen MR) is 119 cm³/mol. The van der Waals surface area contributed by atoms with E-state index in [1.54, 1.807) is 12.1 Å². The lowest BCUT2D eigenvalue weighted by atomic mass is 10.2. The molecule has 1 aliphatic heterocycles. The molecule has 162 valence electrons. The lowest BCUT2D eigenvalue weighted by Crippen LogP contribution is -2.25. The summed E-state index contributed by atoms with van der Waals surface area (Å²) in [5.74, 6) is 0.801. The summed E-state index contributed by atoms with van der Waals surface area (Å²) in [4.78, 5) is 14.7. The molecule has 3 aromatic rings. The van der Waals surface area contributed by atoms with E-state index in [0.717, 1.165) is 36.2 Å². The highest BCUT2D eigenvalue weighted by molar-refractivity contribution is 7.99. The van der Waals surface area contributed by atoms with Crippen molar-refractivity contribution in [3.63, 3.8) is 0 Å². The topological polar surface area (TPSA) is 63.1 Å². The zero-order valence-corrected chi connectivity index (χ0v) is 18.2. The van der Waals surface area contributed by atoms with Gasteiger partial charge in [0.25, 0.3) is 0 Å². The minimum absolute atomic E-state index is 0.0929. The molecular formula is C23H26FN5OS. The molecule has 1 amide bonds. The monoisotopic (exact) mass is 439 g/mol. The van der Waals surface area contributed by atoms with Crippen LogP contribution < -0.4 is 5.32 Å². The molecule has 1 fully saturated rings. The molecule has 2 aromatic carbocycles. The van der Waals surface area contributed by atoms with E-state index in [4.69, 9.17) is 0 Å². The van der Waals surface area contributed by atoms with Gasteiger partial charge in [-0.25, -0.2) is 4.39 Å². The Morgan fingerprint density at radius 3 is 2.45 bits per heavy atom. The highest BCUT2D eigenvalue weighted by Crippen LogP contribution is 2.21. The molecule has 1 aromatic heterocycles. The van der Waals surface area contributed by atoms with Gasteiger partial charge < -0.3 is 9.88 Å². The first-order valence-corrected chi connectivity index (χ1v) is 11.5. The van der Waals surface area contributed by atoms with Crippen molar-refractivity contribution in [3.8, 4) is 0 Å². The molecule has 0 spiro atoms. The van der Waals surface area contributed by atoms with Crippen molar-refractivity contribution >= 4 is 17.7 Å². The van der Waals surface area contributed by atoms with Gasteiger partial charge in [-0.05, 0) is 49.2 Å². The molecule has 8 heteroatoms. The van der Waals surface area contributed by atoms with Crippen LogP contribution in [0.25, 0.3) is 0 Å². The number of nitrogens with one attached hydrogen (secondary N) is 1. The molecule has 31 heavy (non-hydrogen) atoms. The van der Waals surface area contributed by atoms with Gasteiger partial charge in [0, 0.05) is 6.54 Å². The quantitative estimate of drug-likeness (QED) is 0.518. The van der Waals surface area contributed by atoms with E-state index < -0.39 is 0 Å². The maximum atomic E-state index is 13.0. The zero-order chi connectivity index (χ0) is 21.5. The van der Waals surface area contributed by atoms with Crippen molar-refractivity contribution in [3.05, 3.63) is 77.4 Å². The number of amides is 1. The largest absolute Gasteiger partial charge is 0.351 e. The number of carbonyl (C=O) groups excluding carboxylic acids is 1. The molecule has 0 radical (unpaired) electrons. The van der Waals surface area contributed by atoms with E-state index in [9.17, 15) is 9.18 Å². The summed E-state index contributed by atoms with van der Waals surface area (Å²) in [6.07, 6.45) is 2.45. The first-order chi connectivity index (χ1) is 15.2. The van der Waals surface area contributed by atoms with E-state index in [2.05, 4.69) is 37.1 Å². The van der Waals surface area contributed by atoms with Crippen LogP contribution in [0.1, 0.15) is 29.8 Å². The average molecular weight is 440 g/mol. The number of benzene rings is 2. The fourth-order valence-electron chi connectivity index (χ4n) is 3.59. The number of hydrogen-bond donors (Lipinski definition) is 1. The number of nitrogens with zero attached hydrogens (tertiary/aromatic N) is 4. The third-order valence-corrected chi connectivity index (χ3v) is 6.24. The van der Waals surface area contributed by atoms with E-state index >= 15 is 0 Å². The van der Waals surface area contributed by atoms with Crippen molar-refractivity contribution in [2.45, 2.75) is 37.6 Å². The molecule has 1 aliphatic rings. The maximum absolute atomic E-state index is 13.0. The number of hydrogen-bond acceptors (Lipinski definition) is 5. The van der Waals surface area contributed by atoms with Crippen molar-refractivity contribution < 1.29 is 9.18 Å². The van der Waals surface area contributed by atoms with Crippen LogP contribution >= 0.6 is 11.8 Å². The zero-order valence-electron chi connectivity index (χ0n) is 17.3. The van der Waals surface area contributed by atoms with Gasteiger partial charge >= 0.3 is 0 Å². The summed E-state index contributed by atoms with van der Waals surface area (Å²) in [6.45, 7) is 4.00. The van der Waals surface area contributed by atoms with Crippen LogP contribution in [0, 0.1) is 5.82 Å². The summed E-state index contributed by atoms with van der Waals surface area (Å²) in [7, 11) is 0. The number of thioether (sulfide) groups is 1. The number of aromatic nitrogens is 3. The molecule has 2 heterocycles. The van der Waals surface area contributed by atoms with Crippen LogP contribution in [-0.2, 0) is 24.4 Å². The SMILES string of the molecule is O=C(CSc1nnc(CN2CCCC2)n1Cc1ccccc1)NCc1ccc(F)cc1. The summed E-state index contributed by atoms with van der Waals surface area (Å²) in [5.41, 5.74) is 2.03. The summed E-state index contributed by atoms with van der Waals surface area (Å²) >= 11 is 1.39. The molecule has 1 N–H and O–H groups in total. The van der Waals surface area contributed by atoms with Crippen LogP contribution in [0.15, 0.2) is 59.8 Å². The third kappa shape index (κ3) is 6.15. The fourth-order valence-corrected chi connectivity index (χ4v) is 4.38. The average Bonchev–Trinajstić information content (AvgIpc) is 3.43. The van der Waals surface area contributed by atoms with E-state index in [-0.39, 0.29) is 17.5 Å². The molecule has 0 unspecified atom stereocenters. The number of carbonyl (C=O) groups is 1. The van der Waals surface area contributed by atoms with Crippen LogP contribution in [0.5, 0.6) is 0 Å². The molecule has 0 bridgehead atoms. The highest BCUT2D eigenvalue weighted by Gasteiger charge is 2.19. The van der Waals surface area contributed by atoms with E-state index in [0.29, 0.717) is 13.1 Å². The predicted octanol–water partition coefficient (Wildman–Crippen LogP) is 3.47. The van der Waals surface area contributed by atoms with Crippen molar-refractivity contribution in [2.75, 3.05) is 18.8 Å². The summed E-state index contributed by atoms with van der Waals surface area (Å²) in [6, 6.07) is 16.3. The van der Waals surface area contributed by atoms with Gasteiger partial charge in [-0.2, -0.15) is 0 Å². The molecule has 4 rings (SSSR count). The Morgan fingerprint density at radius 1 is 0.968 bits per heavy atom. The smallest absolute Gasteiger partial charge is 0.230 e. The van der Waals surface area contributed by atoms with Gasteiger partial charge in [0.05, 0.1) is 18.8 Å². The van der Waals surface area contributed by atoms with Gasteiger partial charge in [-0.3, -0.25) is 9.69 Å². The standard InChI is InChI=1S/C23H26FN5OS/c24-20-10-8-18(9-11-20)14-25-22(30)17-31-23-27-26-21(16-28-12-4-5-13-28)29(23)15-19-6-2-1-3-7-19/h1-3,6-11H,4-5,12-17H2,(H,25,30). The summed E-state index contributed by atoms with van der Waals surface area (Å²) in [5, 5.41) is 12.4.